The van der Waals surface area contributed by atoms with E-state index in [-0.39, 0.29) is 6.03 Å². The second kappa shape index (κ2) is 6.40. The van der Waals surface area contributed by atoms with E-state index in [1.165, 1.54) is 0 Å². The van der Waals surface area contributed by atoms with Gasteiger partial charge in [-0.25, -0.2) is 4.79 Å². The Labute approximate surface area is 134 Å². The Balaban J connectivity index is 1.56. The number of carbonyl (C=O) groups is 1. The minimum Gasteiger partial charge on any atom is -0.332 e. The van der Waals surface area contributed by atoms with Crippen LogP contribution in [0.15, 0.2) is 30.3 Å². The number of carbonyl (C=O) groups excluding carboxylic acids is 1. The molecule has 0 saturated carbocycles. The van der Waals surface area contributed by atoms with Gasteiger partial charge >= 0.3 is 6.03 Å². The van der Waals surface area contributed by atoms with Crippen LogP contribution in [0.1, 0.15) is 29.3 Å². The molecule has 3 rings (SSSR count). The number of nitrogens with one attached hydrogen (secondary N) is 2. The van der Waals surface area contributed by atoms with Gasteiger partial charge in [0.1, 0.15) is 0 Å². The van der Waals surface area contributed by atoms with Gasteiger partial charge in [0, 0.05) is 29.7 Å². The zero-order valence-corrected chi connectivity index (χ0v) is 13.2. The molecule has 1 aliphatic rings. The first-order valence-corrected chi connectivity index (χ1v) is 7.79. The van der Waals surface area contributed by atoms with Crippen LogP contribution in [0.4, 0.5) is 4.79 Å². The molecule has 0 spiro atoms. The third kappa shape index (κ3) is 3.25. The molecule has 5 nitrogen and oxygen atoms in total. The molecule has 2 aromatic rings. The van der Waals surface area contributed by atoms with Crippen molar-refractivity contribution in [2.75, 3.05) is 13.1 Å². The molecule has 0 unspecified atom stereocenters. The highest BCUT2D eigenvalue weighted by atomic mass is 35.5. The highest BCUT2D eigenvalue weighted by molar-refractivity contribution is 6.31. The fourth-order valence-electron chi connectivity index (χ4n) is 2.85. The number of nitrogens with zero attached hydrogens (tertiary/aromatic N) is 2. The van der Waals surface area contributed by atoms with Crippen LogP contribution >= 0.6 is 11.6 Å². The predicted octanol–water partition coefficient (Wildman–Crippen LogP) is 3.07. The zero-order valence-electron chi connectivity index (χ0n) is 12.5. The first-order chi connectivity index (χ1) is 10.6. The number of amides is 2. The van der Waals surface area contributed by atoms with E-state index < -0.39 is 0 Å². The van der Waals surface area contributed by atoms with Crippen molar-refractivity contribution < 1.29 is 4.79 Å². The summed E-state index contributed by atoms with van der Waals surface area (Å²) in [4.78, 5) is 14.1. The Morgan fingerprint density at radius 3 is 3.05 bits per heavy atom. The van der Waals surface area contributed by atoms with Gasteiger partial charge in [0.25, 0.3) is 0 Å². The van der Waals surface area contributed by atoms with Crippen molar-refractivity contribution in [1.82, 2.24) is 20.4 Å². The summed E-state index contributed by atoms with van der Waals surface area (Å²) in [5.41, 5.74) is 2.96. The van der Waals surface area contributed by atoms with Crippen molar-refractivity contribution in [1.29, 1.82) is 0 Å². The van der Waals surface area contributed by atoms with E-state index in [0.29, 0.717) is 19.0 Å². The number of rotatable bonds is 3. The Morgan fingerprint density at radius 1 is 1.50 bits per heavy atom. The Bertz CT molecular complexity index is 670. The standard InChI is InChI=1S/C16H19ClN4O/c1-11-8-13(20-19-11)9-18-16(22)21-7-6-12(10-21)14-4-2-3-5-15(14)17/h2-5,8,12H,6-7,9-10H2,1H3,(H,18,22)(H,19,20)/t12-/m0/s1. The van der Waals surface area contributed by atoms with Gasteiger partial charge < -0.3 is 10.2 Å². The zero-order chi connectivity index (χ0) is 15.5. The van der Waals surface area contributed by atoms with Crippen molar-refractivity contribution >= 4 is 17.6 Å². The Kier molecular flexibility index (Phi) is 4.34. The van der Waals surface area contributed by atoms with Crippen molar-refractivity contribution in [3.8, 4) is 0 Å². The van der Waals surface area contributed by atoms with E-state index in [9.17, 15) is 4.79 Å². The van der Waals surface area contributed by atoms with Crippen LogP contribution in [0, 0.1) is 6.92 Å². The first kappa shape index (κ1) is 14.9. The molecule has 6 heteroatoms. The van der Waals surface area contributed by atoms with E-state index in [4.69, 9.17) is 11.6 Å². The number of halogens is 1. The summed E-state index contributed by atoms with van der Waals surface area (Å²) in [6.07, 6.45) is 0.943. The third-order valence-electron chi connectivity index (χ3n) is 4.00. The number of aromatic amines is 1. The van der Waals surface area contributed by atoms with Crippen LogP contribution in [0.5, 0.6) is 0 Å². The largest absolute Gasteiger partial charge is 0.332 e. The number of aromatic nitrogens is 2. The number of benzene rings is 1. The predicted molar refractivity (Wildman–Crippen MR) is 85.9 cm³/mol. The second-order valence-corrected chi connectivity index (χ2v) is 6.06. The number of urea groups is 1. The molecule has 1 aliphatic heterocycles. The normalized spacial score (nSPS) is 17.7. The molecule has 1 atom stereocenters. The maximum Gasteiger partial charge on any atom is 0.317 e. The lowest BCUT2D eigenvalue weighted by Gasteiger charge is -2.17. The van der Waals surface area contributed by atoms with Crippen molar-refractivity contribution in [2.24, 2.45) is 0 Å². The highest BCUT2D eigenvalue weighted by Crippen LogP contribution is 2.31. The Hall–Kier alpha value is -2.01. The summed E-state index contributed by atoms with van der Waals surface area (Å²) in [6, 6.07) is 9.74. The average Bonchev–Trinajstić information content (AvgIpc) is 3.14. The maximum absolute atomic E-state index is 12.2. The first-order valence-electron chi connectivity index (χ1n) is 7.41. The monoisotopic (exact) mass is 318 g/mol. The number of hydrogen-bond donors (Lipinski definition) is 2. The third-order valence-corrected chi connectivity index (χ3v) is 4.34. The molecule has 0 radical (unpaired) electrons. The van der Waals surface area contributed by atoms with Crippen LogP contribution in [0.2, 0.25) is 5.02 Å². The van der Waals surface area contributed by atoms with Gasteiger partial charge in [-0.2, -0.15) is 5.10 Å². The van der Waals surface area contributed by atoms with Crippen molar-refractivity contribution in [2.45, 2.75) is 25.8 Å². The minimum absolute atomic E-state index is 0.0461. The van der Waals surface area contributed by atoms with Crippen LogP contribution < -0.4 is 5.32 Å². The van der Waals surface area contributed by atoms with E-state index in [2.05, 4.69) is 15.5 Å². The molecule has 1 saturated heterocycles. The smallest absolute Gasteiger partial charge is 0.317 e. The SMILES string of the molecule is Cc1cc(CNC(=O)N2CC[C@H](c3ccccc3Cl)C2)n[nH]1. The molecule has 0 aliphatic carbocycles. The lowest BCUT2D eigenvalue weighted by atomic mass is 9.98. The van der Waals surface area contributed by atoms with Crippen LogP contribution in [-0.4, -0.2) is 34.2 Å². The number of likely N-dealkylation sites (tertiary alicyclic amines) is 1. The molecule has 2 amide bonds. The summed E-state index contributed by atoms with van der Waals surface area (Å²) in [6.45, 7) is 3.83. The van der Waals surface area contributed by atoms with E-state index >= 15 is 0 Å². The van der Waals surface area contributed by atoms with Crippen LogP contribution in [0.25, 0.3) is 0 Å². The average molecular weight is 319 g/mol. The van der Waals surface area contributed by atoms with Gasteiger partial charge in [-0.15, -0.1) is 0 Å². The molecule has 2 N–H and O–H groups in total. The van der Waals surface area contributed by atoms with E-state index in [1.807, 2.05) is 42.2 Å². The lowest BCUT2D eigenvalue weighted by molar-refractivity contribution is 0.207. The lowest BCUT2D eigenvalue weighted by Crippen LogP contribution is -2.38. The highest BCUT2D eigenvalue weighted by Gasteiger charge is 2.28. The van der Waals surface area contributed by atoms with E-state index in [1.54, 1.807) is 0 Å². The van der Waals surface area contributed by atoms with Gasteiger partial charge in [-0.05, 0) is 31.0 Å². The number of hydrogen-bond acceptors (Lipinski definition) is 2. The topological polar surface area (TPSA) is 61.0 Å². The fraction of sp³-hybridized carbons (Fsp3) is 0.375. The summed E-state index contributed by atoms with van der Waals surface area (Å²) < 4.78 is 0. The van der Waals surface area contributed by atoms with Crippen LogP contribution in [0.3, 0.4) is 0 Å². The summed E-state index contributed by atoms with van der Waals surface area (Å²) in [7, 11) is 0. The maximum atomic E-state index is 12.2. The van der Waals surface area contributed by atoms with Gasteiger partial charge in [-0.3, -0.25) is 5.10 Å². The summed E-state index contributed by atoms with van der Waals surface area (Å²) in [5.74, 6) is 0.312. The second-order valence-electron chi connectivity index (χ2n) is 5.65. The van der Waals surface area contributed by atoms with Crippen LogP contribution in [-0.2, 0) is 6.54 Å². The number of H-pyrrole nitrogens is 1. The molecule has 1 fully saturated rings. The molecule has 1 aromatic heterocycles. The molecule has 0 bridgehead atoms. The molecular formula is C16H19ClN4O. The van der Waals surface area contributed by atoms with Gasteiger partial charge in [0.05, 0.1) is 12.2 Å². The quantitative estimate of drug-likeness (QED) is 0.913. The van der Waals surface area contributed by atoms with Crippen molar-refractivity contribution in [3.05, 3.63) is 52.3 Å². The van der Waals surface area contributed by atoms with Gasteiger partial charge in [-0.1, -0.05) is 29.8 Å². The molecule has 22 heavy (non-hydrogen) atoms. The fourth-order valence-corrected chi connectivity index (χ4v) is 3.14. The van der Waals surface area contributed by atoms with Crippen molar-refractivity contribution in [3.63, 3.8) is 0 Å². The molecule has 1 aromatic carbocycles. The molecule has 2 heterocycles. The number of aryl methyl sites for hydroxylation is 1. The van der Waals surface area contributed by atoms with E-state index in [0.717, 1.165) is 34.9 Å². The summed E-state index contributed by atoms with van der Waals surface area (Å²) >= 11 is 6.24. The van der Waals surface area contributed by atoms with Gasteiger partial charge in [0.15, 0.2) is 0 Å². The summed E-state index contributed by atoms with van der Waals surface area (Å²) in [5, 5.41) is 10.7. The Morgan fingerprint density at radius 2 is 2.32 bits per heavy atom. The molecular weight excluding hydrogens is 300 g/mol. The minimum atomic E-state index is -0.0461. The molecule has 116 valence electrons. The van der Waals surface area contributed by atoms with Gasteiger partial charge in [0.2, 0.25) is 0 Å².